The molecule has 152 valence electrons. The lowest BCUT2D eigenvalue weighted by Crippen LogP contribution is -2.10. The van der Waals surface area contributed by atoms with Crippen LogP contribution in [-0.2, 0) is 37.0 Å². The molecule has 0 aliphatic rings. The molecule has 0 saturated heterocycles. The molecule has 4 heteroatoms. The maximum atomic E-state index is 12.7. The lowest BCUT2D eigenvalue weighted by molar-refractivity contribution is -0.118. The number of ketones is 1. The van der Waals surface area contributed by atoms with Gasteiger partial charge in [-0.3, -0.25) is 4.79 Å². The minimum atomic E-state index is 0.239. The van der Waals surface area contributed by atoms with Crippen molar-refractivity contribution in [1.29, 1.82) is 0 Å². The van der Waals surface area contributed by atoms with E-state index in [0.29, 0.717) is 19.3 Å². The Morgan fingerprint density at radius 2 is 1.50 bits per heavy atom. The minimum Gasteiger partial charge on any atom is -0.315 e. The van der Waals surface area contributed by atoms with Crippen LogP contribution in [0.15, 0.2) is 72.8 Å². The van der Waals surface area contributed by atoms with E-state index >= 15 is 0 Å². The zero-order valence-corrected chi connectivity index (χ0v) is 17.4. The molecule has 1 aromatic heterocycles. The van der Waals surface area contributed by atoms with Gasteiger partial charge in [-0.15, -0.1) is 10.2 Å². The number of aryl methyl sites for hydroxylation is 3. The highest BCUT2D eigenvalue weighted by atomic mass is 16.1. The van der Waals surface area contributed by atoms with Gasteiger partial charge in [0.05, 0.1) is 0 Å². The molecule has 4 rings (SSSR count). The Morgan fingerprint density at radius 3 is 2.30 bits per heavy atom. The number of aromatic nitrogens is 3. The number of hydrogen-bond acceptors (Lipinski definition) is 3. The van der Waals surface area contributed by atoms with E-state index < -0.39 is 0 Å². The summed E-state index contributed by atoms with van der Waals surface area (Å²) < 4.78 is 2.16. The summed E-state index contributed by atoms with van der Waals surface area (Å²) in [6.07, 6.45) is 3.38. The second-order valence-corrected chi connectivity index (χ2v) is 7.62. The summed E-state index contributed by atoms with van der Waals surface area (Å²) >= 11 is 0. The largest absolute Gasteiger partial charge is 0.315 e. The molecule has 0 aliphatic carbocycles. The summed E-state index contributed by atoms with van der Waals surface area (Å²) in [7, 11) is 0. The number of fused-ring (bicyclic) bond motifs is 1. The molecule has 0 aliphatic heterocycles. The second-order valence-electron chi connectivity index (χ2n) is 7.62. The van der Waals surface area contributed by atoms with Crippen LogP contribution < -0.4 is 0 Å². The Balaban J connectivity index is 1.38. The summed E-state index contributed by atoms with van der Waals surface area (Å²) in [5, 5.41) is 11.1. The topological polar surface area (TPSA) is 47.8 Å². The van der Waals surface area contributed by atoms with Crippen LogP contribution in [-0.4, -0.2) is 20.5 Å². The van der Waals surface area contributed by atoms with Gasteiger partial charge in [-0.1, -0.05) is 72.8 Å². The van der Waals surface area contributed by atoms with Crippen LogP contribution in [0.5, 0.6) is 0 Å². The van der Waals surface area contributed by atoms with Crippen molar-refractivity contribution in [2.24, 2.45) is 0 Å². The van der Waals surface area contributed by atoms with Gasteiger partial charge in [0.15, 0.2) is 0 Å². The molecule has 0 saturated carbocycles. The van der Waals surface area contributed by atoms with E-state index in [2.05, 4.69) is 70.2 Å². The summed E-state index contributed by atoms with van der Waals surface area (Å²) in [6.45, 7) is 2.93. The summed E-state index contributed by atoms with van der Waals surface area (Å²) in [5.41, 5.74) is 2.40. The van der Waals surface area contributed by atoms with Gasteiger partial charge in [0.1, 0.15) is 17.4 Å². The quantitative estimate of drug-likeness (QED) is 0.400. The molecule has 0 amide bonds. The molecular weight excluding hydrogens is 370 g/mol. The normalized spacial score (nSPS) is 11.1. The molecule has 0 fully saturated rings. The zero-order chi connectivity index (χ0) is 20.8. The average Bonchev–Trinajstić information content (AvgIpc) is 3.19. The Morgan fingerprint density at radius 1 is 0.800 bits per heavy atom. The van der Waals surface area contributed by atoms with E-state index in [1.54, 1.807) is 0 Å². The Kier molecular flexibility index (Phi) is 6.33. The Bertz CT molecular complexity index is 1130. The summed E-state index contributed by atoms with van der Waals surface area (Å²) in [4.78, 5) is 12.7. The lowest BCUT2D eigenvalue weighted by atomic mass is 9.99. The standard InChI is InChI=1S/C26H27N3O/c1-2-29-25(17-15-20-9-4-3-5-10-20)27-28-26(29)18-16-23(30)19-22-13-8-12-21-11-6-7-14-24(21)22/h3-14H,2,15-19H2,1H3. The molecule has 4 nitrogen and oxygen atoms in total. The first kappa shape index (κ1) is 20.0. The van der Waals surface area contributed by atoms with Crippen LogP contribution in [0.3, 0.4) is 0 Å². The van der Waals surface area contributed by atoms with Gasteiger partial charge in [0, 0.05) is 32.2 Å². The molecule has 0 spiro atoms. The van der Waals surface area contributed by atoms with Gasteiger partial charge in [-0.25, -0.2) is 0 Å². The number of carbonyl (C=O) groups excluding carboxylic acids is 1. The monoisotopic (exact) mass is 397 g/mol. The number of Topliss-reactive ketones (excluding diaryl/α,β-unsaturated/α-hetero) is 1. The van der Waals surface area contributed by atoms with Crippen LogP contribution in [0.25, 0.3) is 10.8 Å². The first-order chi connectivity index (χ1) is 14.7. The maximum absolute atomic E-state index is 12.7. The van der Waals surface area contributed by atoms with Gasteiger partial charge in [-0.2, -0.15) is 0 Å². The molecule has 4 aromatic rings. The Labute approximate surface area is 177 Å². The fraction of sp³-hybridized carbons (Fsp3) is 0.269. The third-order valence-electron chi connectivity index (χ3n) is 5.60. The highest BCUT2D eigenvalue weighted by molar-refractivity contribution is 5.90. The highest BCUT2D eigenvalue weighted by Crippen LogP contribution is 2.20. The fourth-order valence-electron chi connectivity index (χ4n) is 4.01. The number of benzene rings is 3. The number of rotatable bonds is 9. The molecule has 30 heavy (non-hydrogen) atoms. The molecule has 3 aromatic carbocycles. The minimum absolute atomic E-state index is 0.239. The van der Waals surface area contributed by atoms with Gasteiger partial charge in [-0.05, 0) is 35.2 Å². The van der Waals surface area contributed by atoms with Gasteiger partial charge >= 0.3 is 0 Å². The highest BCUT2D eigenvalue weighted by Gasteiger charge is 2.13. The zero-order valence-electron chi connectivity index (χ0n) is 17.4. The number of hydrogen-bond donors (Lipinski definition) is 0. The predicted molar refractivity (Wildman–Crippen MR) is 121 cm³/mol. The van der Waals surface area contributed by atoms with Crippen LogP contribution in [0, 0.1) is 0 Å². The molecule has 0 atom stereocenters. The number of nitrogens with zero attached hydrogens (tertiary/aromatic N) is 3. The molecule has 0 N–H and O–H groups in total. The van der Waals surface area contributed by atoms with Crippen molar-refractivity contribution in [2.75, 3.05) is 0 Å². The Hall–Kier alpha value is -3.27. The van der Waals surface area contributed by atoms with Gasteiger partial charge in [0.2, 0.25) is 0 Å². The number of carbonyl (C=O) groups is 1. The second kappa shape index (κ2) is 9.49. The fourth-order valence-corrected chi connectivity index (χ4v) is 4.01. The van der Waals surface area contributed by atoms with E-state index in [9.17, 15) is 4.79 Å². The van der Waals surface area contributed by atoms with Crippen molar-refractivity contribution >= 4 is 16.6 Å². The molecule has 1 heterocycles. The van der Waals surface area contributed by atoms with Crippen LogP contribution in [0.2, 0.25) is 0 Å². The molecule has 0 bridgehead atoms. The first-order valence-electron chi connectivity index (χ1n) is 10.7. The van der Waals surface area contributed by atoms with E-state index in [-0.39, 0.29) is 5.78 Å². The third kappa shape index (κ3) is 4.65. The maximum Gasteiger partial charge on any atom is 0.137 e. The van der Waals surface area contributed by atoms with Crippen molar-refractivity contribution < 1.29 is 4.79 Å². The average molecular weight is 398 g/mol. The van der Waals surface area contributed by atoms with Crippen molar-refractivity contribution in [1.82, 2.24) is 14.8 Å². The van der Waals surface area contributed by atoms with Crippen LogP contribution in [0.1, 0.15) is 36.1 Å². The van der Waals surface area contributed by atoms with Gasteiger partial charge < -0.3 is 4.57 Å². The lowest BCUT2D eigenvalue weighted by Gasteiger charge is -2.08. The van der Waals surface area contributed by atoms with E-state index in [4.69, 9.17) is 0 Å². The first-order valence-corrected chi connectivity index (χ1v) is 10.7. The van der Waals surface area contributed by atoms with E-state index in [0.717, 1.165) is 42.0 Å². The van der Waals surface area contributed by atoms with E-state index in [1.807, 2.05) is 24.3 Å². The molecule has 0 radical (unpaired) electrons. The summed E-state index contributed by atoms with van der Waals surface area (Å²) in [6, 6.07) is 24.8. The van der Waals surface area contributed by atoms with Crippen LogP contribution in [0.4, 0.5) is 0 Å². The molecular formula is C26H27N3O. The molecule has 0 unspecified atom stereocenters. The van der Waals surface area contributed by atoms with E-state index in [1.165, 1.54) is 10.9 Å². The summed E-state index contributed by atoms with van der Waals surface area (Å²) in [5.74, 6) is 2.15. The smallest absolute Gasteiger partial charge is 0.137 e. The van der Waals surface area contributed by atoms with Crippen molar-refractivity contribution in [3.8, 4) is 0 Å². The predicted octanol–water partition coefficient (Wildman–Crippen LogP) is 4.98. The van der Waals surface area contributed by atoms with Crippen LogP contribution >= 0.6 is 0 Å². The van der Waals surface area contributed by atoms with Crippen molar-refractivity contribution in [2.45, 2.75) is 45.6 Å². The SMILES string of the molecule is CCn1c(CCC(=O)Cc2cccc3ccccc23)nnc1CCc1ccccc1. The van der Waals surface area contributed by atoms with Crippen molar-refractivity contribution in [3.63, 3.8) is 0 Å². The third-order valence-corrected chi connectivity index (χ3v) is 5.60. The van der Waals surface area contributed by atoms with Gasteiger partial charge in [0.25, 0.3) is 0 Å². The van der Waals surface area contributed by atoms with Crippen molar-refractivity contribution in [3.05, 3.63) is 95.6 Å².